The van der Waals surface area contributed by atoms with Crippen molar-refractivity contribution in [2.24, 2.45) is 0 Å². The Morgan fingerprint density at radius 3 is 2.27 bits per heavy atom. The molecule has 4 heteroatoms. The molecule has 0 heterocycles. The van der Waals surface area contributed by atoms with Gasteiger partial charge in [-0.3, -0.25) is 4.79 Å². The van der Waals surface area contributed by atoms with Crippen LogP contribution in [0.15, 0.2) is 72.8 Å². The summed E-state index contributed by atoms with van der Waals surface area (Å²) in [5, 5.41) is 0.649. The molecule has 0 aliphatic carbocycles. The highest BCUT2D eigenvalue weighted by Crippen LogP contribution is 2.34. The molecule has 0 aliphatic heterocycles. The summed E-state index contributed by atoms with van der Waals surface area (Å²) in [4.78, 5) is 14.8. The molecule has 1 atom stereocenters. The van der Waals surface area contributed by atoms with E-state index in [2.05, 4.69) is 0 Å². The molecule has 3 aromatic carbocycles. The molecule has 3 aromatic rings. The second kappa shape index (κ2) is 7.63. The fourth-order valence-corrected chi connectivity index (χ4v) is 3.39. The Kier molecular flexibility index (Phi) is 5.29. The Morgan fingerprint density at radius 1 is 1.00 bits per heavy atom. The van der Waals surface area contributed by atoms with E-state index in [0.717, 1.165) is 16.7 Å². The largest absolute Gasteiger partial charge is 0.399 e. The monoisotopic (exact) mass is 364 g/mol. The minimum absolute atomic E-state index is 0.0875. The van der Waals surface area contributed by atoms with Crippen molar-refractivity contribution < 1.29 is 4.79 Å². The van der Waals surface area contributed by atoms with E-state index >= 15 is 0 Å². The van der Waals surface area contributed by atoms with Crippen molar-refractivity contribution in [1.29, 1.82) is 0 Å². The van der Waals surface area contributed by atoms with Crippen LogP contribution in [0.3, 0.4) is 0 Å². The molecule has 0 unspecified atom stereocenters. The van der Waals surface area contributed by atoms with Gasteiger partial charge in [-0.15, -0.1) is 0 Å². The van der Waals surface area contributed by atoms with Gasteiger partial charge in [-0.2, -0.15) is 0 Å². The maximum absolute atomic E-state index is 13.1. The summed E-state index contributed by atoms with van der Waals surface area (Å²) in [5.41, 5.74) is 9.94. The molecule has 0 saturated carbocycles. The maximum atomic E-state index is 13.1. The summed E-state index contributed by atoms with van der Waals surface area (Å²) in [6.45, 7) is 2.00. The Hall–Kier alpha value is -2.78. The molecule has 0 saturated heterocycles. The third-order valence-corrected chi connectivity index (χ3v) is 4.76. The van der Waals surface area contributed by atoms with Gasteiger partial charge < -0.3 is 10.6 Å². The third-order valence-electron chi connectivity index (χ3n) is 4.43. The van der Waals surface area contributed by atoms with Crippen LogP contribution in [0, 0.1) is 6.92 Å². The third kappa shape index (κ3) is 3.73. The van der Waals surface area contributed by atoms with Gasteiger partial charge in [0.25, 0.3) is 5.91 Å². The Balaban J connectivity index is 2.05. The minimum Gasteiger partial charge on any atom is -0.399 e. The summed E-state index contributed by atoms with van der Waals surface area (Å²) in [6, 6.07) is 22.5. The smallest absolute Gasteiger partial charge is 0.254 e. The number of carbonyl (C=O) groups is 1. The van der Waals surface area contributed by atoms with E-state index in [1.165, 1.54) is 0 Å². The molecule has 2 N–H and O–H groups in total. The normalized spacial score (nSPS) is 11.8. The van der Waals surface area contributed by atoms with Gasteiger partial charge in [-0.05, 0) is 53.9 Å². The van der Waals surface area contributed by atoms with Crippen LogP contribution < -0.4 is 5.73 Å². The average Bonchev–Trinajstić information content (AvgIpc) is 2.64. The zero-order valence-electron chi connectivity index (χ0n) is 14.8. The minimum atomic E-state index is -0.283. The number of hydrogen-bond donors (Lipinski definition) is 1. The highest BCUT2D eigenvalue weighted by Gasteiger charge is 2.26. The number of aryl methyl sites for hydroxylation is 1. The predicted octanol–water partition coefficient (Wildman–Crippen LogP) is 5.09. The number of carbonyl (C=O) groups excluding carboxylic acids is 1. The van der Waals surface area contributed by atoms with Crippen LogP contribution in [0.2, 0.25) is 5.02 Å². The number of anilines is 1. The van der Waals surface area contributed by atoms with E-state index < -0.39 is 0 Å². The summed E-state index contributed by atoms with van der Waals surface area (Å²) in [6.07, 6.45) is 0. The molecule has 1 amide bonds. The van der Waals surface area contributed by atoms with Crippen LogP contribution in [0.5, 0.6) is 0 Å². The summed E-state index contributed by atoms with van der Waals surface area (Å²) in [7, 11) is 1.80. The molecule has 3 rings (SSSR count). The van der Waals surface area contributed by atoms with Gasteiger partial charge in [0.2, 0.25) is 0 Å². The molecule has 3 nitrogen and oxygen atoms in total. The first kappa shape index (κ1) is 18.0. The van der Waals surface area contributed by atoms with E-state index in [4.69, 9.17) is 17.3 Å². The second-order valence-electron chi connectivity index (χ2n) is 6.38. The standard InChI is InChI=1S/C22H21ClN2O/c1-15-8-13-19(20(23)14-15)21(16-6-4-3-5-7-16)25(2)22(26)17-9-11-18(24)12-10-17/h3-14,21H,24H2,1-2H3/t21-/m1/s1. The van der Waals surface area contributed by atoms with Crippen LogP contribution in [0.25, 0.3) is 0 Å². The number of rotatable bonds is 4. The first-order chi connectivity index (χ1) is 12.5. The number of halogens is 1. The lowest BCUT2D eigenvalue weighted by Crippen LogP contribution is -2.32. The highest BCUT2D eigenvalue weighted by molar-refractivity contribution is 6.31. The Bertz CT molecular complexity index is 907. The average molecular weight is 365 g/mol. The number of nitrogens with two attached hydrogens (primary N) is 1. The number of hydrogen-bond acceptors (Lipinski definition) is 2. The highest BCUT2D eigenvalue weighted by atomic mass is 35.5. The molecule has 0 bridgehead atoms. The van der Waals surface area contributed by atoms with E-state index in [1.54, 1.807) is 36.2 Å². The molecular formula is C22H21ClN2O. The lowest BCUT2D eigenvalue weighted by Gasteiger charge is -2.30. The molecule has 0 spiro atoms. The van der Waals surface area contributed by atoms with Gasteiger partial charge in [-0.25, -0.2) is 0 Å². The van der Waals surface area contributed by atoms with Gasteiger partial charge in [0.05, 0.1) is 6.04 Å². The molecular weight excluding hydrogens is 344 g/mol. The fourth-order valence-electron chi connectivity index (χ4n) is 3.05. The van der Waals surface area contributed by atoms with E-state index in [1.807, 2.05) is 55.5 Å². The van der Waals surface area contributed by atoms with Gasteiger partial charge >= 0.3 is 0 Å². The van der Waals surface area contributed by atoms with Crippen LogP contribution in [-0.4, -0.2) is 17.9 Å². The van der Waals surface area contributed by atoms with Crippen molar-refractivity contribution in [2.75, 3.05) is 12.8 Å². The van der Waals surface area contributed by atoms with E-state index in [9.17, 15) is 4.79 Å². The van der Waals surface area contributed by atoms with Gasteiger partial charge in [0.1, 0.15) is 0 Å². The lowest BCUT2D eigenvalue weighted by atomic mass is 9.96. The first-order valence-electron chi connectivity index (χ1n) is 8.41. The Morgan fingerprint density at radius 2 is 1.65 bits per heavy atom. The quantitative estimate of drug-likeness (QED) is 0.655. The van der Waals surface area contributed by atoms with E-state index in [0.29, 0.717) is 16.3 Å². The summed E-state index contributed by atoms with van der Waals surface area (Å²) >= 11 is 6.54. The molecule has 0 aliphatic rings. The van der Waals surface area contributed by atoms with Crippen LogP contribution >= 0.6 is 11.6 Å². The van der Waals surface area contributed by atoms with Crippen molar-refractivity contribution in [3.8, 4) is 0 Å². The molecule has 26 heavy (non-hydrogen) atoms. The fraction of sp³-hybridized carbons (Fsp3) is 0.136. The van der Waals surface area contributed by atoms with Crippen molar-refractivity contribution in [2.45, 2.75) is 13.0 Å². The van der Waals surface area contributed by atoms with E-state index in [-0.39, 0.29) is 11.9 Å². The lowest BCUT2D eigenvalue weighted by molar-refractivity contribution is 0.0755. The number of benzene rings is 3. The van der Waals surface area contributed by atoms with Crippen molar-refractivity contribution in [3.63, 3.8) is 0 Å². The maximum Gasteiger partial charge on any atom is 0.254 e. The summed E-state index contributed by atoms with van der Waals surface area (Å²) in [5.74, 6) is -0.0875. The first-order valence-corrected chi connectivity index (χ1v) is 8.79. The van der Waals surface area contributed by atoms with Gasteiger partial charge in [0, 0.05) is 23.3 Å². The van der Waals surface area contributed by atoms with Crippen LogP contribution in [-0.2, 0) is 0 Å². The molecule has 0 radical (unpaired) electrons. The zero-order chi connectivity index (χ0) is 18.7. The van der Waals surface area contributed by atoms with Crippen molar-refractivity contribution in [3.05, 3.63) is 100 Å². The SMILES string of the molecule is Cc1ccc([C@@H](c2ccccc2)N(C)C(=O)c2ccc(N)cc2)c(Cl)c1. The molecule has 0 aromatic heterocycles. The van der Waals surface area contributed by atoms with Crippen LogP contribution in [0.1, 0.15) is 33.1 Å². The number of nitrogens with zero attached hydrogens (tertiary/aromatic N) is 1. The Labute approximate surface area is 159 Å². The number of nitrogen functional groups attached to an aromatic ring is 1. The van der Waals surface area contributed by atoms with Gasteiger partial charge in [0.15, 0.2) is 0 Å². The molecule has 132 valence electrons. The van der Waals surface area contributed by atoms with Crippen LogP contribution in [0.4, 0.5) is 5.69 Å². The van der Waals surface area contributed by atoms with Crippen molar-refractivity contribution >= 4 is 23.2 Å². The second-order valence-corrected chi connectivity index (χ2v) is 6.78. The summed E-state index contributed by atoms with van der Waals surface area (Å²) < 4.78 is 0. The zero-order valence-corrected chi connectivity index (χ0v) is 15.6. The molecule has 0 fully saturated rings. The predicted molar refractivity (Wildman–Crippen MR) is 107 cm³/mol. The topological polar surface area (TPSA) is 46.3 Å². The van der Waals surface area contributed by atoms with Gasteiger partial charge in [-0.1, -0.05) is 54.1 Å². The number of amides is 1. The van der Waals surface area contributed by atoms with Crippen molar-refractivity contribution in [1.82, 2.24) is 4.90 Å².